The highest BCUT2D eigenvalue weighted by Crippen LogP contribution is 2.27. The van der Waals surface area contributed by atoms with Gasteiger partial charge in [-0.3, -0.25) is 0 Å². The summed E-state index contributed by atoms with van der Waals surface area (Å²) in [6.45, 7) is 0. The Morgan fingerprint density at radius 2 is 1.42 bits per heavy atom. The van der Waals surface area contributed by atoms with Crippen LogP contribution in [0.25, 0.3) is 22.5 Å². The van der Waals surface area contributed by atoms with Crippen molar-refractivity contribution in [1.29, 1.82) is 0 Å². The molecule has 1 heterocycles. The van der Waals surface area contributed by atoms with Gasteiger partial charge in [-0.2, -0.15) is 5.10 Å². The molecule has 0 saturated carbocycles. The van der Waals surface area contributed by atoms with Crippen LogP contribution in [0.2, 0.25) is 0 Å². The van der Waals surface area contributed by atoms with E-state index in [4.69, 9.17) is 14.7 Å². The van der Waals surface area contributed by atoms with Gasteiger partial charge in [0.05, 0.1) is 24.7 Å². The number of phenolic OH excluding ortho intramolecular Hbond substituents is 1. The summed E-state index contributed by atoms with van der Waals surface area (Å²) in [5, 5.41) is 15.9. The second-order valence-corrected chi connectivity index (χ2v) is 6.87. The van der Waals surface area contributed by atoms with Gasteiger partial charge in [0.1, 0.15) is 0 Å². The molecule has 154 valence electrons. The number of hydrogen-bond donors (Lipinski definition) is 1. The van der Waals surface area contributed by atoms with Crippen LogP contribution in [-0.4, -0.2) is 35.4 Å². The van der Waals surface area contributed by atoms with Crippen molar-refractivity contribution in [2.24, 2.45) is 5.10 Å². The number of benzene rings is 3. The van der Waals surface area contributed by atoms with Crippen LogP contribution in [0.15, 0.2) is 90.0 Å². The van der Waals surface area contributed by atoms with Crippen molar-refractivity contribution in [3.05, 3.63) is 90.5 Å². The van der Waals surface area contributed by atoms with E-state index in [0.29, 0.717) is 11.7 Å². The quantitative estimate of drug-likeness (QED) is 0.358. The summed E-state index contributed by atoms with van der Waals surface area (Å²) in [6, 6.07) is 27.0. The highest BCUT2D eigenvalue weighted by atomic mass is 16.5. The second kappa shape index (κ2) is 9.09. The third-order valence-corrected chi connectivity index (χ3v) is 4.73. The van der Waals surface area contributed by atoms with Gasteiger partial charge in [-0.15, -0.1) is 0 Å². The molecule has 1 aromatic heterocycles. The standard InChI is InChI=1S/C25H22N4O2/c1-29(26-17-18-13-14-23(30)24(15-18)31-2)25-27-21(19-9-5-3-6-10-19)16-22(28-25)20-11-7-4-8-12-20/h3-17,30H,1-2H3/b26-17-. The molecule has 0 spiro atoms. The molecule has 1 N–H and O–H groups in total. The van der Waals surface area contributed by atoms with Crippen LogP contribution in [0.3, 0.4) is 0 Å². The molecule has 3 aromatic carbocycles. The molecule has 0 aliphatic carbocycles. The van der Waals surface area contributed by atoms with Crippen molar-refractivity contribution >= 4 is 12.2 Å². The minimum atomic E-state index is 0.0828. The topological polar surface area (TPSA) is 70.8 Å². The Morgan fingerprint density at radius 1 is 0.839 bits per heavy atom. The minimum Gasteiger partial charge on any atom is -0.504 e. The Hall–Kier alpha value is -4.19. The Morgan fingerprint density at radius 3 is 1.97 bits per heavy atom. The molecule has 0 fully saturated rings. The number of hydrazone groups is 1. The smallest absolute Gasteiger partial charge is 0.247 e. The molecule has 31 heavy (non-hydrogen) atoms. The Labute approximate surface area is 181 Å². The van der Waals surface area contributed by atoms with Crippen LogP contribution in [0, 0.1) is 0 Å². The van der Waals surface area contributed by atoms with Gasteiger partial charge in [-0.1, -0.05) is 60.7 Å². The van der Waals surface area contributed by atoms with Crippen LogP contribution in [0.1, 0.15) is 5.56 Å². The predicted octanol–water partition coefficient (Wildman–Crippen LogP) is 5.00. The monoisotopic (exact) mass is 410 g/mol. The van der Waals surface area contributed by atoms with Crippen LogP contribution in [0.4, 0.5) is 5.95 Å². The van der Waals surface area contributed by atoms with Crippen molar-refractivity contribution in [3.8, 4) is 34.0 Å². The van der Waals surface area contributed by atoms with Gasteiger partial charge in [-0.25, -0.2) is 15.0 Å². The fourth-order valence-electron chi connectivity index (χ4n) is 3.07. The molecule has 0 saturated heterocycles. The van der Waals surface area contributed by atoms with Gasteiger partial charge in [0.15, 0.2) is 11.5 Å². The molecule has 6 nitrogen and oxygen atoms in total. The lowest BCUT2D eigenvalue weighted by Crippen LogP contribution is -2.13. The van der Waals surface area contributed by atoms with E-state index >= 15 is 0 Å². The van der Waals surface area contributed by atoms with Crippen molar-refractivity contribution in [3.63, 3.8) is 0 Å². The first-order chi connectivity index (χ1) is 15.1. The maximum atomic E-state index is 9.77. The number of anilines is 1. The number of phenols is 1. The van der Waals surface area contributed by atoms with E-state index in [-0.39, 0.29) is 5.75 Å². The Bertz CT molecular complexity index is 1140. The van der Waals surface area contributed by atoms with Gasteiger partial charge >= 0.3 is 0 Å². The lowest BCUT2D eigenvalue weighted by molar-refractivity contribution is 0.373. The van der Waals surface area contributed by atoms with E-state index in [2.05, 4.69) is 5.10 Å². The largest absolute Gasteiger partial charge is 0.504 e. The van der Waals surface area contributed by atoms with Gasteiger partial charge in [0, 0.05) is 18.2 Å². The van der Waals surface area contributed by atoms with Crippen molar-refractivity contribution in [2.45, 2.75) is 0 Å². The van der Waals surface area contributed by atoms with E-state index < -0.39 is 0 Å². The molecule has 4 rings (SSSR count). The Kier molecular flexibility index (Phi) is 5.89. The number of nitrogens with zero attached hydrogens (tertiary/aromatic N) is 4. The zero-order chi connectivity index (χ0) is 21.6. The third kappa shape index (κ3) is 4.70. The highest BCUT2D eigenvalue weighted by molar-refractivity contribution is 5.81. The van der Waals surface area contributed by atoms with Crippen molar-refractivity contribution < 1.29 is 9.84 Å². The van der Waals surface area contributed by atoms with E-state index in [1.165, 1.54) is 7.11 Å². The lowest BCUT2D eigenvalue weighted by Gasteiger charge is -2.14. The number of aromatic nitrogens is 2. The first-order valence-electron chi connectivity index (χ1n) is 9.78. The van der Waals surface area contributed by atoms with E-state index in [9.17, 15) is 5.11 Å². The summed E-state index contributed by atoms with van der Waals surface area (Å²) in [5.74, 6) is 0.946. The number of ether oxygens (including phenoxy) is 1. The maximum absolute atomic E-state index is 9.77. The van der Waals surface area contributed by atoms with Crippen LogP contribution < -0.4 is 9.75 Å². The number of hydrogen-bond acceptors (Lipinski definition) is 6. The average Bonchev–Trinajstić information content (AvgIpc) is 2.84. The van der Waals surface area contributed by atoms with Gasteiger partial charge in [0.25, 0.3) is 0 Å². The molecule has 0 unspecified atom stereocenters. The molecule has 6 heteroatoms. The normalized spacial score (nSPS) is 10.9. The summed E-state index contributed by atoms with van der Waals surface area (Å²) in [4.78, 5) is 9.45. The minimum absolute atomic E-state index is 0.0828. The summed E-state index contributed by atoms with van der Waals surface area (Å²) < 4.78 is 5.16. The Balaban J connectivity index is 1.71. The van der Waals surface area contributed by atoms with Gasteiger partial charge in [-0.05, 0) is 29.8 Å². The molecule has 0 aliphatic rings. The zero-order valence-corrected chi connectivity index (χ0v) is 17.3. The highest BCUT2D eigenvalue weighted by Gasteiger charge is 2.11. The maximum Gasteiger partial charge on any atom is 0.247 e. The van der Waals surface area contributed by atoms with Crippen molar-refractivity contribution in [1.82, 2.24) is 9.97 Å². The zero-order valence-electron chi connectivity index (χ0n) is 17.3. The van der Waals surface area contributed by atoms with E-state index in [0.717, 1.165) is 28.1 Å². The average molecular weight is 410 g/mol. The van der Waals surface area contributed by atoms with Crippen LogP contribution in [0.5, 0.6) is 11.5 Å². The van der Waals surface area contributed by atoms with Crippen LogP contribution in [-0.2, 0) is 0 Å². The summed E-state index contributed by atoms with van der Waals surface area (Å²) in [7, 11) is 3.31. The lowest BCUT2D eigenvalue weighted by atomic mass is 10.1. The molecule has 4 aromatic rings. The molecule has 0 atom stereocenters. The molecule has 0 amide bonds. The molecule has 0 bridgehead atoms. The third-order valence-electron chi connectivity index (χ3n) is 4.73. The van der Waals surface area contributed by atoms with Crippen LogP contribution >= 0.6 is 0 Å². The molecular weight excluding hydrogens is 388 g/mol. The fraction of sp³-hybridized carbons (Fsp3) is 0.0800. The first-order valence-corrected chi connectivity index (χ1v) is 9.78. The van der Waals surface area contributed by atoms with E-state index in [1.54, 1.807) is 36.5 Å². The molecule has 0 radical (unpaired) electrons. The van der Waals surface area contributed by atoms with Gasteiger partial charge < -0.3 is 9.84 Å². The number of methoxy groups -OCH3 is 1. The number of rotatable bonds is 6. The summed E-state index contributed by atoms with van der Waals surface area (Å²) >= 11 is 0. The van der Waals surface area contributed by atoms with Gasteiger partial charge in [0.2, 0.25) is 5.95 Å². The summed E-state index contributed by atoms with van der Waals surface area (Å²) in [6.07, 6.45) is 1.67. The first kappa shape index (κ1) is 20.1. The predicted molar refractivity (Wildman–Crippen MR) is 124 cm³/mol. The van der Waals surface area contributed by atoms with E-state index in [1.807, 2.05) is 66.7 Å². The SMILES string of the molecule is COc1cc(/C=N\N(C)c2nc(-c3ccccc3)cc(-c3ccccc3)n2)ccc1O. The molecule has 0 aliphatic heterocycles. The van der Waals surface area contributed by atoms with Crippen molar-refractivity contribution in [2.75, 3.05) is 19.2 Å². The number of aromatic hydroxyl groups is 1. The fourth-order valence-corrected chi connectivity index (χ4v) is 3.07. The molecular formula is C25H22N4O2. The second-order valence-electron chi connectivity index (χ2n) is 6.87. The summed E-state index contributed by atoms with van der Waals surface area (Å²) in [5.41, 5.74) is 4.42.